The quantitative estimate of drug-likeness (QED) is 0.204. The largest absolute Gasteiger partial charge is 0.354 e. The lowest BCUT2D eigenvalue weighted by molar-refractivity contribution is -0.121. The van der Waals surface area contributed by atoms with Crippen LogP contribution in [0.15, 0.2) is 58.5 Å². The highest BCUT2D eigenvalue weighted by Crippen LogP contribution is 2.23. The van der Waals surface area contributed by atoms with Crippen molar-refractivity contribution >= 4 is 28.6 Å². The van der Waals surface area contributed by atoms with Gasteiger partial charge in [0, 0.05) is 18.2 Å². The zero-order valence-corrected chi connectivity index (χ0v) is 21.6. The minimum atomic E-state index is -0.483. The monoisotopic (exact) mass is 498 g/mol. The first-order valence-electron chi connectivity index (χ1n) is 12.4. The Balaban J connectivity index is 1.59. The number of benzene rings is 2. The van der Waals surface area contributed by atoms with Crippen LogP contribution in [-0.4, -0.2) is 51.8 Å². The van der Waals surface area contributed by atoms with Gasteiger partial charge in [-0.05, 0) is 70.1 Å². The number of halogens is 1. The molecule has 0 aliphatic rings. The number of aromatic nitrogens is 2. The Bertz CT molecular complexity index is 1180. The van der Waals surface area contributed by atoms with Crippen LogP contribution in [0.4, 0.5) is 4.39 Å². The molecule has 0 fully saturated rings. The lowest BCUT2D eigenvalue weighted by Gasteiger charge is -2.19. The van der Waals surface area contributed by atoms with E-state index < -0.39 is 5.82 Å². The summed E-state index contributed by atoms with van der Waals surface area (Å²) in [6, 6.07) is 13.4. The smallest absolute Gasteiger partial charge is 0.266 e. The fourth-order valence-electron chi connectivity index (χ4n) is 4.03. The van der Waals surface area contributed by atoms with Crippen LogP contribution in [0.2, 0.25) is 0 Å². The van der Waals surface area contributed by atoms with E-state index in [1.165, 1.54) is 22.4 Å². The fraction of sp³-hybridized carbons (Fsp3) is 0.444. The molecule has 0 spiro atoms. The Hall–Kier alpha value is -2.71. The first-order valence-corrected chi connectivity index (χ1v) is 13.3. The first-order chi connectivity index (χ1) is 16.9. The second kappa shape index (κ2) is 13.4. The number of carbonyl (C=O) groups is 1. The second-order valence-corrected chi connectivity index (χ2v) is 9.66. The van der Waals surface area contributed by atoms with E-state index >= 15 is 0 Å². The summed E-state index contributed by atoms with van der Waals surface area (Å²) in [5.41, 5.74) is 0.442. The third-order valence-corrected chi connectivity index (χ3v) is 7.06. The van der Waals surface area contributed by atoms with Gasteiger partial charge in [0.25, 0.3) is 5.56 Å². The predicted octanol–water partition coefficient (Wildman–Crippen LogP) is 5.02. The van der Waals surface area contributed by atoms with Crippen molar-refractivity contribution in [3.8, 4) is 5.69 Å². The molecule has 0 saturated heterocycles. The molecule has 3 rings (SSSR count). The molecule has 0 bridgehead atoms. The Kier molecular flexibility index (Phi) is 10.3. The second-order valence-electron chi connectivity index (χ2n) is 8.59. The van der Waals surface area contributed by atoms with E-state index in [2.05, 4.69) is 29.0 Å². The predicted molar refractivity (Wildman–Crippen MR) is 142 cm³/mol. The van der Waals surface area contributed by atoms with Crippen LogP contribution in [0.5, 0.6) is 0 Å². The van der Waals surface area contributed by atoms with Crippen LogP contribution < -0.4 is 10.9 Å². The molecular weight excluding hydrogens is 463 g/mol. The van der Waals surface area contributed by atoms with Crippen LogP contribution in [0.25, 0.3) is 16.6 Å². The minimum absolute atomic E-state index is 0.0268. The standard InChI is InChI=1S/C27H35FN4O2S/c1-4-31(5-2)18-10-12-20(3)29-25(33)17-11-19-35-27-30-23-15-8-6-13-21(23)26(34)32(27)24-16-9-7-14-22(24)28/h6-9,13-16,20H,4-5,10-12,17-19H2,1-3H3,(H,29,33). The van der Waals surface area contributed by atoms with Gasteiger partial charge in [-0.1, -0.05) is 49.9 Å². The van der Waals surface area contributed by atoms with E-state index in [9.17, 15) is 14.0 Å². The molecular formula is C27H35FN4O2S. The van der Waals surface area contributed by atoms with Gasteiger partial charge in [-0.2, -0.15) is 0 Å². The molecule has 1 unspecified atom stereocenters. The van der Waals surface area contributed by atoms with Crippen molar-refractivity contribution in [2.75, 3.05) is 25.4 Å². The topological polar surface area (TPSA) is 67.2 Å². The third kappa shape index (κ3) is 7.39. The SMILES string of the molecule is CCN(CC)CCCC(C)NC(=O)CCCSc1nc2ccccc2c(=O)n1-c1ccccc1F. The van der Waals surface area contributed by atoms with Gasteiger partial charge < -0.3 is 10.2 Å². The zero-order valence-electron chi connectivity index (χ0n) is 20.8. The lowest BCUT2D eigenvalue weighted by Crippen LogP contribution is -2.33. The Labute approximate surface area is 210 Å². The number of nitrogens with one attached hydrogen (secondary N) is 1. The molecule has 8 heteroatoms. The third-order valence-electron chi connectivity index (χ3n) is 6.03. The van der Waals surface area contributed by atoms with Crippen LogP contribution >= 0.6 is 11.8 Å². The van der Waals surface area contributed by atoms with Gasteiger partial charge >= 0.3 is 0 Å². The van der Waals surface area contributed by atoms with Crippen LogP contribution in [0, 0.1) is 5.82 Å². The normalized spacial score (nSPS) is 12.3. The molecule has 0 saturated carbocycles. The first kappa shape index (κ1) is 26.9. The summed E-state index contributed by atoms with van der Waals surface area (Å²) in [4.78, 5) is 32.6. The number of hydrogen-bond donors (Lipinski definition) is 1. The summed E-state index contributed by atoms with van der Waals surface area (Å²) in [5, 5.41) is 3.94. The highest BCUT2D eigenvalue weighted by atomic mass is 32.2. The van der Waals surface area contributed by atoms with Crippen molar-refractivity contribution in [1.82, 2.24) is 19.8 Å². The van der Waals surface area contributed by atoms with Crippen LogP contribution in [0.3, 0.4) is 0 Å². The number of carbonyl (C=O) groups excluding carboxylic acids is 1. The zero-order chi connectivity index (χ0) is 25.2. The van der Waals surface area contributed by atoms with Crippen molar-refractivity contribution in [1.29, 1.82) is 0 Å². The number of rotatable bonds is 13. The van der Waals surface area contributed by atoms with Gasteiger partial charge in [0.05, 0.1) is 16.6 Å². The molecule has 1 atom stereocenters. The molecule has 35 heavy (non-hydrogen) atoms. The van der Waals surface area contributed by atoms with Crippen molar-refractivity contribution in [3.05, 3.63) is 64.7 Å². The van der Waals surface area contributed by atoms with Crippen molar-refractivity contribution in [2.24, 2.45) is 0 Å². The summed E-state index contributed by atoms with van der Waals surface area (Å²) >= 11 is 1.36. The maximum absolute atomic E-state index is 14.6. The van der Waals surface area contributed by atoms with E-state index in [-0.39, 0.29) is 23.2 Å². The molecule has 0 aliphatic carbocycles. The molecule has 2 aromatic carbocycles. The van der Waals surface area contributed by atoms with Gasteiger partial charge in [-0.3, -0.25) is 14.2 Å². The molecule has 1 aromatic heterocycles. The van der Waals surface area contributed by atoms with E-state index in [0.29, 0.717) is 34.7 Å². The van der Waals surface area contributed by atoms with Gasteiger partial charge in [0.15, 0.2) is 5.16 Å². The number of amides is 1. The van der Waals surface area contributed by atoms with E-state index in [1.807, 2.05) is 13.0 Å². The maximum Gasteiger partial charge on any atom is 0.266 e. The van der Waals surface area contributed by atoms with Crippen LogP contribution in [-0.2, 0) is 4.79 Å². The Morgan fingerprint density at radius 1 is 1.11 bits per heavy atom. The molecule has 6 nitrogen and oxygen atoms in total. The summed E-state index contributed by atoms with van der Waals surface area (Å²) in [5.74, 6) is 0.130. The molecule has 188 valence electrons. The minimum Gasteiger partial charge on any atom is -0.354 e. The Morgan fingerprint density at radius 3 is 2.57 bits per heavy atom. The van der Waals surface area contributed by atoms with Gasteiger partial charge in [-0.25, -0.2) is 9.37 Å². The van der Waals surface area contributed by atoms with Crippen LogP contribution in [0.1, 0.15) is 46.5 Å². The highest BCUT2D eigenvalue weighted by Gasteiger charge is 2.16. The van der Waals surface area contributed by atoms with Crippen molar-refractivity contribution in [3.63, 3.8) is 0 Å². The molecule has 3 aromatic rings. The highest BCUT2D eigenvalue weighted by molar-refractivity contribution is 7.99. The summed E-state index contributed by atoms with van der Waals surface area (Å²) < 4.78 is 15.9. The van der Waals surface area contributed by atoms with E-state index in [1.54, 1.807) is 36.4 Å². The maximum atomic E-state index is 14.6. The summed E-state index contributed by atoms with van der Waals surface area (Å²) in [6.07, 6.45) is 3.03. The molecule has 0 aliphatic heterocycles. The Morgan fingerprint density at radius 2 is 1.83 bits per heavy atom. The number of para-hydroxylation sites is 2. The van der Waals surface area contributed by atoms with Gasteiger partial charge in [-0.15, -0.1) is 0 Å². The van der Waals surface area contributed by atoms with Crippen molar-refractivity contribution in [2.45, 2.75) is 57.7 Å². The van der Waals surface area contributed by atoms with Crippen molar-refractivity contribution < 1.29 is 9.18 Å². The number of nitrogens with zero attached hydrogens (tertiary/aromatic N) is 3. The van der Waals surface area contributed by atoms with Gasteiger partial charge in [0.2, 0.25) is 5.91 Å². The number of hydrogen-bond acceptors (Lipinski definition) is 5. The van der Waals surface area contributed by atoms with E-state index in [4.69, 9.17) is 0 Å². The molecule has 0 radical (unpaired) electrons. The molecule has 1 amide bonds. The average molecular weight is 499 g/mol. The number of thioether (sulfide) groups is 1. The summed E-state index contributed by atoms with van der Waals surface area (Å²) in [6.45, 7) is 9.51. The van der Waals surface area contributed by atoms with Gasteiger partial charge in [0.1, 0.15) is 5.82 Å². The van der Waals surface area contributed by atoms with E-state index in [0.717, 1.165) is 32.5 Å². The molecule has 1 N–H and O–H groups in total. The fourth-order valence-corrected chi connectivity index (χ4v) is 4.98. The molecule has 1 heterocycles. The lowest BCUT2D eigenvalue weighted by atomic mass is 10.1. The number of fused-ring (bicyclic) bond motifs is 1. The average Bonchev–Trinajstić information content (AvgIpc) is 2.85. The summed E-state index contributed by atoms with van der Waals surface area (Å²) in [7, 11) is 0.